The molecule has 1 aromatic heterocycles. The van der Waals surface area contributed by atoms with Gasteiger partial charge in [0.15, 0.2) is 5.82 Å². The van der Waals surface area contributed by atoms with E-state index in [2.05, 4.69) is 20.5 Å². The Morgan fingerprint density at radius 2 is 1.92 bits per heavy atom. The molecule has 0 radical (unpaired) electrons. The highest BCUT2D eigenvalue weighted by atomic mass is 16.5. The molecule has 2 heterocycles. The number of aromatic nitrogens is 3. The fourth-order valence-electron chi connectivity index (χ4n) is 2.67. The van der Waals surface area contributed by atoms with Crippen molar-refractivity contribution in [2.45, 2.75) is 13.5 Å². The normalized spacial score (nSPS) is 14.3. The van der Waals surface area contributed by atoms with Gasteiger partial charge in [-0.1, -0.05) is 12.1 Å². The smallest absolute Gasteiger partial charge is 0.247 e. The number of methoxy groups -OCH3 is 1. The molecule has 0 unspecified atom stereocenters. The summed E-state index contributed by atoms with van der Waals surface area (Å²) in [5.41, 5.74) is 1.12. The molecule has 25 heavy (non-hydrogen) atoms. The Hall–Kier alpha value is -2.90. The van der Waals surface area contributed by atoms with Crippen LogP contribution in [-0.2, 0) is 11.3 Å². The lowest BCUT2D eigenvalue weighted by Gasteiger charge is -2.33. The lowest BCUT2D eigenvalue weighted by molar-refractivity contribution is -0.129. The van der Waals surface area contributed by atoms with Crippen molar-refractivity contribution in [3.63, 3.8) is 0 Å². The molecular formula is C17H22N6O2. The first-order valence-corrected chi connectivity index (χ1v) is 8.22. The number of hydrogen-bond acceptors (Lipinski definition) is 7. The van der Waals surface area contributed by atoms with Gasteiger partial charge in [-0.15, -0.1) is 5.10 Å². The highest BCUT2D eigenvalue weighted by Crippen LogP contribution is 2.15. The molecule has 1 N–H and O–H groups in total. The molecule has 1 fully saturated rings. The van der Waals surface area contributed by atoms with Crippen LogP contribution in [0.4, 0.5) is 11.8 Å². The maximum absolute atomic E-state index is 11.4. The van der Waals surface area contributed by atoms with Gasteiger partial charge in [0.2, 0.25) is 11.9 Å². The summed E-state index contributed by atoms with van der Waals surface area (Å²) in [5, 5.41) is 11.4. The number of nitrogens with one attached hydrogen (secondary N) is 1. The van der Waals surface area contributed by atoms with E-state index in [9.17, 15) is 4.79 Å². The lowest BCUT2D eigenvalue weighted by Crippen LogP contribution is -2.48. The molecule has 0 spiro atoms. The third-order valence-electron chi connectivity index (χ3n) is 4.19. The van der Waals surface area contributed by atoms with Crippen molar-refractivity contribution in [2.75, 3.05) is 43.5 Å². The maximum atomic E-state index is 11.4. The van der Waals surface area contributed by atoms with Gasteiger partial charge in [-0.2, -0.15) is 10.1 Å². The monoisotopic (exact) mass is 342 g/mol. The number of hydrogen-bond donors (Lipinski definition) is 1. The molecule has 1 aliphatic rings. The van der Waals surface area contributed by atoms with E-state index < -0.39 is 0 Å². The maximum Gasteiger partial charge on any atom is 0.247 e. The zero-order valence-electron chi connectivity index (χ0n) is 14.5. The predicted molar refractivity (Wildman–Crippen MR) is 94.6 cm³/mol. The van der Waals surface area contributed by atoms with Crippen molar-refractivity contribution >= 4 is 17.7 Å². The number of amides is 1. The molecule has 8 nitrogen and oxygen atoms in total. The summed E-state index contributed by atoms with van der Waals surface area (Å²) < 4.78 is 5.16. The van der Waals surface area contributed by atoms with Gasteiger partial charge in [-0.05, 0) is 17.7 Å². The average Bonchev–Trinajstić information content (AvgIpc) is 2.67. The van der Waals surface area contributed by atoms with Gasteiger partial charge in [0.05, 0.1) is 13.3 Å². The van der Waals surface area contributed by atoms with Gasteiger partial charge in [-0.3, -0.25) is 4.79 Å². The van der Waals surface area contributed by atoms with Crippen LogP contribution in [0.15, 0.2) is 30.5 Å². The average molecular weight is 342 g/mol. The fraction of sp³-hybridized carbons (Fsp3) is 0.412. The Morgan fingerprint density at radius 3 is 2.56 bits per heavy atom. The summed E-state index contributed by atoms with van der Waals surface area (Å²) >= 11 is 0. The SMILES string of the molecule is COc1ccc(CNc2cnnc(N3CCN(C(C)=O)CC3)n2)cc1. The van der Waals surface area contributed by atoms with Crippen LogP contribution >= 0.6 is 0 Å². The van der Waals surface area contributed by atoms with Crippen molar-refractivity contribution in [1.29, 1.82) is 0 Å². The van der Waals surface area contributed by atoms with Crippen LogP contribution in [0.1, 0.15) is 12.5 Å². The molecule has 8 heteroatoms. The highest BCUT2D eigenvalue weighted by molar-refractivity contribution is 5.73. The highest BCUT2D eigenvalue weighted by Gasteiger charge is 2.20. The Balaban J connectivity index is 1.58. The van der Waals surface area contributed by atoms with Crippen LogP contribution in [0.2, 0.25) is 0 Å². The van der Waals surface area contributed by atoms with Gasteiger partial charge in [0.25, 0.3) is 0 Å². The number of ether oxygens (including phenoxy) is 1. The van der Waals surface area contributed by atoms with Crippen molar-refractivity contribution in [3.05, 3.63) is 36.0 Å². The van der Waals surface area contributed by atoms with Crippen molar-refractivity contribution < 1.29 is 9.53 Å². The van der Waals surface area contributed by atoms with E-state index in [-0.39, 0.29) is 5.91 Å². The molecule has 0 atom stereocenters. The number of carbonyl (C=O) groups excluding carboxylic acids is 1. The van der Waals surface area contributed by atoms with E-state index in [0.717, 1.165) is 11.3 Å². The van der Waals surface area contributed by atoms with E-state index >= 15 is 0 Å². The second-order valence-electron chi connectivity index (χ2n) is 5.84. The molecule has 1 aromatic carbocycles. The van der Waals surface area contributed by atoms with Crippen molar-refractivity contribution in [1.82, 2.24) is 20.1 Å². The van der Waals surface area contributed by atoms with Gasteiger partial charge >= 0.3 is 0 Å². The quantitative estimate of drug-likeness (QED) is 0.873. The summed E-state index contributed by atoms with van der Waals surface area (Å²) in [6.07, 6.45) is 1.61. The zero-order chi connectivity index (χ0) is 17.6. The molecule has 3 rings (SSSR count). The minimum atomic E-state index is 0.105. The number of anilines is 2. The Kier molecular flexibility index (Phi) is 5.27. The van der Waals surface area contributed by atoms with E-state index in [1.165, 1.54) is 0 Å². The Morgan fingerprint density at radius 1 is 1.20 bits per heavy atom. The first-order chi connectivity index (χ1) is 12.2. The van der Waals surface area contributed by atoms with Crippen LogP contribution < -0.4 is 15.0 Å². The number of benzene rings is 1. The summed E-state index contributed by atoms with van der Waals surface area (Å²) in [7, 11) is 1.65. The topological polar surface area (TPSA) is 83.5 Å². The molecule has 0 saturated carbocycles. The number of carbonyl (C=O) groups is 1. The molecular weight excluding hydrogens is 320 g/mol. The standard InChI is InChI=1S/C17H22N6O2/c1-13(24)22-7-9-23(10-8-22)17-20-16(12-19-21-17)18-11-14-3-5-15(25-2)6-4-14/h3-6,12H,7-11H2,1-2H3,(H,18,20,21). The molecule has 0 aliphatic carbocycles. The van der Waals surface area contributed by atoms with E-state index in [1.54, 1.807) is 20.2 Å². The third kappa shape index (κ3) is 4.34. The van der Waals surface area contributed by atoms with E-state index in [1.807, 2.05) is 34.1 Å². The minimum absolute atomic E-state index is 0.105. The molecule has 2 aromatic rings. The minimum Gasteiger partial charge on any atom is -0.497 e. The van der Waals surface area contributed by atoms with Crippen LogP contribution in [0, 0.1) is 0 Å². The van der Waals surface area contributed by atoms with Crippen LogP contribution in [0.3, 0.4) is 0 Å². The van der Waals surface area contributed by atoms with Crippen LogP contribution in [0.5, 0.6) is 5.75 Å². The van der Waals surface area contributed by atoms with E-state index in [4.69, 9.17) is 4.74 Å². The Labute approximate surface area is 146 Å². The van der Waals surface area contributed by atoms with Crippen LogP contribution in [-0.4, -0.2) is 59.3 Å². The molecule has 1 aliphatic heterocycles. The Bertz CT molecular complexity index is 713. The summed E-state index contributed by atoms with van der Waals surface area (Å²) in [4.78, 5) is 19.8. The van der Waals surface area contributed by atoms with Crippen molar-refractivity contribution in [2.24, 2.45) is 0 Å². The zero-order valence-corrected chi connectivity index (χ0v) is 14.5. The van der Waals surface area contributed by atoms with Gasteiger partial charge in [0, 0.05) is 39.6 Å². The second-order valence-corrected chi connectivity index (χ2v) is 5.84. The van der Waals surface area contributed by atoms with E-state index in [0.29, 0.717) is 44.5 Å². The largest absolute Gasteiger partial charge is 0.497 e. The first kappa shape index (κ1) is 16.9. The number of rotatable bonds is 5. The number of nitrogens with zero attached hydrogens (tertiary/aromatic N) is 5. The number of piperazine rings is 1. The fourth-order valence-corrected chi connectivity index (χ4v) is 2.67. The predicted octanol–water partition coefficient (Wildman–Crippen LogP) is 1.16. The van der Waals surface area contributed by atoms with Crippen molar-refractivity contribution in [3.8, 4) is 5.75 Å². The molecule has 1 amide bonds. The second kappa shape index (κ2) is 7.78. The third-order valence-corrected chi connectivity index (χ3v) is 4.19. The summed E-state index contributed by atoms with van der Waals surface area (Å²) in [5.74, 6) is 2.20. The van der Waals surface area contributed by atoms with Gasteiger partial charge < -0.3 is 19.9 Å². The molecule has 1 saturated heterocycles. The summed E-state index contributed by atoms with van der Waals surface area (Å²) in [6.45, 7) is 5.02. The first-order valence-electron chi connectivity index (χ1n) is 8.22. The van der Waals surface area contributed by atoms with Crippen LogP contribution in [0.25, 0.3) is 0 Å². The summed E-state index contributed by atoms with van der Waals surface area (Å²) in [6, 6.07) is 7.86. The molecule has 132 valence electrons. The van der Waals surface area contributed by atoms with Gasteiger partial charge in [-0.25, -0.2) is 0 Å². The lowest BCUT2D eigenvalue weighted by atomic mass is 10.2. The van der Waals surface area contributed by atoms with Gasteiger partial charge in [0.1, 0.15) is 5.75 Å². The molecule has 0 bridgehead atoms.